The van der Waals surface area contributed by atoms with Crippen LogP contribution in [0.1, 0.15) is 30.2 Å². The number of amides is 1. The normalized spacial score (nSPS) is 10.5. The molecule has 0 unspecified atom stereocenters. The van der Waals surface area contributed by atoms with Gasteiger partial charge in [-0.3, -0.25) is 4.79 Å². The van der Waals surface area contributed by atoms with E-state index >= 15 is 0 Å². The predicted molar refractivity (Wildman–Crippen MR) is 89.7 cm³/mol. The van der Waals surface area contributed by atoms with Crippen molar-refractivity contribution in [2.24, 2.45) is 0 Å². The summed E-state index contributed by atoms with van der Waals surface area (Å²) in [5.41, 5.74) is 2.05. The first kappa shape index (κ1) is 15.7. The highest BCUT2D eigenvalue weighted by Crippen LogP contribution is 2.16. The first-order chi connectivity index (χ1) is 10.3. The molecule has 0 aliphatic carbocycles. The Morgan fingerprint density at radius 3 is 2.81 bits per heavy atom. The van der Waals surface area contributed by atoms with Crippen LogP contribution in [-0.2, 0) is 17.8 Å². The van der Waals surface area contributed by atoms with E-state index in [-0.39, 0.29) is 5.91 Å². The predicted octanol–water partition coefficient (Wildman–Crippen LogP) is 3.82. The Bertz CT molecular complexity index is 552. The number of benzene rings is 1. The SMILES string of the molecule is CCNCc1ccccc1NC(=O)CCCc1cccs1. The Hall–Kier alpha value is -1.65. The zero-order valence-electron chi connectivity index (χ0n) is 12.4. The monoisotopic (exact) mass is 302 g/mol. The maximum atomic E-state index is 12.0. The molecule has 0 bridgehead atoms. The van der Waals surface area contributed by atoms with E-state index in [0.29, 0.717) is 6.42 Å². The fraction of sp³-hybridized carbons (Fsp3) is 0.353. The van der Waals surface area contributed by atoms with Gasteiger partial charge in [0.15, 0.2) is 0 Å². The Kier molecular flexibility index (Phi) is 6.44. The van der Waals surface area contributed by atoms with E-state index in [1.54, 1.807) is 11.3 Å². The summed E-state index contributed by atoms with van der Waals surface area (Å²) in [6.45, 7) is 3.77. The van der Waals surface area contributed by atoms with E-state index in [1.165, 1.54) is 4.88 Å². The lowest BCUT2D eigenvalue weighted by Gasteiger charge is -2.11. The molecule has 2 aromatic rings. The van der Waals surface area contributed by atoms with Gasteiger partial charge in [0.05, 0.1) is 0 Å². The summed E-state index contributed by atoms with van der Waals surface area (Å²) in [6.07, 6.45) is 2.43. The fourth-order valence-corrected chi connectivity index (χ4v) is 2.90. The van der Waals surface area contributed by atoms with E-state index in [4.69, 9.17) is 0 Å². The van der Waals surface area contributed by atoms with E-state index in [1.807, 2.05) is 24.3 Å². The van der Waals surface area contributed by atoms with Crippen LogP contribution in [0.25, 0.3) is 0 Å². The second-order valence-electron chi connectivity index (χ2n) is 4.92. The van der Waals surface area contributed by atoms with Crippen LogP contribution in [0.2, 0.25) is 0 Å². The van der Waals surface area contributed by atoms with Crippen LogP contribution >= 0.6 is 11.3 Å². The van der Waals surface area contributed by atoms with E-state index in [9.17, 15) is 4.79 Å². The van der Waals surface area contributed by atoms with Gasteiger partial charge in [0, 0.05) is 23.5 Å². The van der Waals surface area contributed by atoms with Crippen LogP contribution in [0.15, 0.2) is 41.8 Å². The molecule has 3 nitrogen and oxygen atoms in total. The third-order valence-corrected chi connectivity index (χ3v) is 4.20. The molecular weight excluding hydrogens is 280 g/mol. The fourth-order valence-electron chi connectivity index (χ4n) is 2.15. The third-order valence-electron chi connectivity index (χ3n) is 3.26. The molecule has 0 atom stereocenters. The summed E-state index contributed by atoms with van der Waals surface area (Å²) in [5, 5.41) is 8.39. The van der Waals surface area contributed by atoms with E-state index in [2.05, 4.69) is 35.1 Å². The lowest BCUT2D eigenvalue weighted by Crippen LogP contribution is -2.16. The first-order valence-corrected chi connectivity index (χ1v) is 8.28. The average Bonchev–Trinajstić information content (AvgIpc) is 2.99. The minimum absolute atomic E-state index is 0.0931. The van der Waals surface area contributed by atoms with Crippen molar-refractivity contribution in [3.8, 4) is 0 Å². The van der Waals surface area contributed by atoms with Crippen molar-refractivity contribution in [3.05, 3.63) is 52.2 Å². The number of hydrogen-bond donors (Lipinski definition) is 2. The second-order valence-corrected chi connectivity index (χ2v) is 5.95. The number of rotatable bonds is 8. The highest BCUT2D eigenvalue weighted by molar-refractivity contribution is 7.09. The molecule has 0 saturated heterocycles. The van der Waals surface area contributed by atoms with Crippen LogP contribution in [-0.4, -0.2) is 12.5 Å². The van der Waals surface area contributed by atoms with Crippen molar-refractivity contribution in [3.63, 3.8) is 0 Å². The van der Waals surface area contributed by atoms with Crippen molar-refractivity contribution in [1.82, 2.24) is 5.32 Å². The molecule has 0 saturated carbocycles. The zero-order valence-corrected chi connectivity index (χ0v) is 13.2. The molecule has 0 radical (unpaired) electrons. The summed E-state index contributed by atoms with van der Waals surface area (Å²) in [6, 6.07) is 12.1. The van der Waals surface area contributed by atoms with Crippen LogP contribution in [0.5, 0.6) is 0 Å². The Balaban J connectivity index is 1.81. The van der Waals surface area contributed by atoms with Gasteiger partial charge in [-0.05, 0) is 42.5 Å². The second kappa shape index (κ2) is 8.60. The van der Waals surface area contributed by atoms with Gasteiger partial charge < -0.3 is 10.6 Å². The summed E-state index contributed by atoms with van der Waals surface area (Å²) < 4.78 is 0. The molecule has 2 rings (SSSR count). The molecule has 4 heteroatoms. The Labute approximate surface area is 130 Å². The van der Waals surface area contributed by atoms with Crippen LogP contribution in [0.4, 0.5) is 5.69 Å². The quantitative estimate of drug-likeness (QED) is 0.778. The molecule has 1 amide bonds. The topological polar surface area (TPSA) is 41.1 Å². The summed E-state index contributed by atoms with van der Waals surface area (Å²) >= 11 is 1.75. The summed E-state index contributed by atoms with van der Waals surface area (Å²) in [7, 11) is 0. The maximum absolute atomic E-state index is 12.0. The highest BCUT2D eigenvalue weighted by Gasteiger charge is 2.06. The molecule has 1 heterocycles. The minimum Gasteiger partial charge on any atom is -0.326 e. The van der Waals surface area contributed by atoms with E-state index in [0.717, 1.165) is 37.2 Å². The zero-order chi connectivity index (χ0) is 14.9. The third kappa shape index (κ3) is 5.33. The average molecular weight is 302 g/mol. The van der Waals surface area contributed by atoms with Crippen LogP contribution in [0, 0.1) is 0 Å². The van der Waals surface area contributed by atoms with Crippen LogP contribution < -0.4 is 10.6 Å². The molecule has 21 heavy (non-hydrogen) atoms. The number of anilines is 1. The van der Waals surface area contributed by atoms with Crippen molar-refractivity contribution < 1.29 is 4.79 Å². The molecule has 0 fully saturated rings. The van der Waals surface area contributed by atoms with Crippen molar-refractivity contribution in [2.45, 2.75) is 32.7 Å². The first-order valence-electron chi connectivity index (χ1n) is 7.40. The van der Waals surface area contributed by atoms with Gasteiger partial charge in [-0.2, -0.15) is 0 Å². The number of carbonyl (C=O) groups excluding carboxylic acids is 1. The molecule has 0 spiro atoms. The molecule has 0 aliphatic rings. The van der Waals surface area contributed by atoms with Gasteiger partial charge in [0.25, 0.3) is 0 Å². The van der Waals surface area contributed by atoms with Gasteiger partial charge in [0.2, 0.25) is 5.91 Å². The van der Waals surface area contributed by atoms with Crippen LogP contribution in [0.3, 0.4) is 0 Å². The summed E-state index contributed by atoms with van der Waals surface area (Å²) in [4.78, 5) is 13.4. The smallest absolute Gasteiger partial charge is 0.224 e. The lowest BCUT2D eigenvalue weighted by atomic mass is 10.1. The van der Waals surface area contributed by atoms with Gasteiger partial charge in [-0.15, -0.1) is 11.3 Å². The number of nitrogens with one attached hydrogen (secondary N) is 2. The Morgan fingerprint density at radius 1 is 1.19 bits per heavy atom. The largest absolute Gasteiger partial charge is 0.326 e. The van der Waals surface area contributed by atoms with E-state index < -0.39 is 0 Å². The minimum atomic E-state index is 0.0931. The maximum Gasteiger partial charge on any atom is 0.224 e. The summed E-state index contributed by atoms with van der Waals surface area (Å²) in [5.74, 6) is 0.0931. The molecule has 1 aromatic heterocycles. The molecular formula is C17H22N2OS. The standard InChI is InChI=1S/C17H22N2OS/c1-2-18-13-14-7-3-4-10-16(14)19-17(20)11-5-8-15-9-6-12-21-15/h3-4,6-7,9-10,12,18H,2,5,8,11,13H2,1H3,(H,19,20). The highest BCUT2D eigenvalue weighted by atomic mass is 32.1. The van der Waals surface area contributed by atoms with Crippen molar-refractivity contribution in [1.29, 1.82) is 0 Å². The van der Waals surface area contributed by atoms with Gasteiger partial charge in [-0.1, -0.05) is 31.2 Å². The van der Waals surface area contributed by atoms with Crippen molar-refractivity contribution >= 4 is 22.9 Å². The van der Waals surface area contributed by atoms with Gasteiger partial charge in [0.1, 0.15) is 0 Å². The Morgan fingerprint density at radius 2 is 2.05 bits per heavy atom. The number of thiophene rings is 1. The number of para-hydroxylation sites is 1. The van der Waals surface area contributed by atoms with Gasteiger partial charge >= 0.3 is 0 Å². The lowest BCUT2D eigenvalue weighted by molar-refractivity contribution is -0.116. The molecule has 2 N–H and O–H groups in total. The number of hydrogen-bond acceptors (Lipinski definition) is 3. The number of aryl methyl sites for hydroxylation is 1. The van der Waals surface area contributed by atoms with Crippen molar-refractivity contribution in [2.75, 3.05) is 11.9 Å². The molecule has 1 aromatic carbocycles. The number of carbonyl (C=O) groups is 1. The van der Waals surface area contributed by atoms with Gasteiger partial charge in [-0.25, -0.2) is 0 Å². The molecule has 112 valence electrons. The molecule has 0 aliphatic heterocycles.